The van der Waals surface area contributed by atoms with Gasteiger partial charge in [-0.2, -0.15) is 0 Å². The number of aliphatic carboxylic acids is 1. The topological polar surface area (TPSA) is 113 Å². The molecule has 3 aromatic carbocycles. The minimum Gasteiger partial charge on any atom is -0.508 e. The summed E-state index contributed by atoms with van der Waals surface area (Å²) in [5, 5.41) is 28.7. The van der Waals surface area contributed by atoms with E-state index in [1.54, 1.807) is 12.1 Å². The van der Waals surface area contributed by atoms with E-state index in [0.717, 1.165) is 16.7 Å². The largest absolute Gasteiger partial charge is 0.508 e. The lowest BCUT2D eigenvalue weighted by Gasteiger charge is -2.33. The Labute approximate surface area is 181 Å². The molecule has 0 aromatic heterocycles. The van der Waals surface area contributed by atoms with Gasteiger partial charge in [-0.05, 0) is 24.1 Å². The molecule has 0 unspecified atom stereocenters. The van der Waals surface area contributed by atoms with Crippen LogP contribution in [0.1, 0.15) is 36.0 Å². The van der Waals surface area contributed by atoms with Crippen molar-refractivity contribution < 1.29 is 24.9 Å². The molecule has 1 heterocycles. The van der Waals surface area contributed by atoms with Crippen molar-refractivity contribution in [2.45, 2.75) is 30.9 Å². The number of phenols is 1. The first-order chi connectivity index (χ1) is 14.8. The van der Waals surface area contributed by atoms with Crippen LogP contribution in [0.5, 0.6) is 11.5 Å². The van der Waals surface area contributed by atoms with Crippen molar-refractivity contribution in [2.75, 3.05) is 6.61 Å². The Bertz CT molecular complexity index is 965. The Morgan fingerprint density at radius 1 is 1.06 bits per heavy atom. The van der Waals surface area contributed by atoms with Gasteiger partial charge in [0, 0.05) is 23.6 Å². The van der Waals surface area contributed by atoms with Crippen LogP contribution >= 0.6 is 0 Å². The van der Waals surface area contributed by atoms with Gasteiger partial charge in [-0.3, -0.25) is 4.79 Å². The van der Waals surface area contributed by atoms with E-state index in [9.17, 15) is 9.90 Å². The molecule has 0 fully saturated rings. The molecular formula is C25H27NO5. The number of phenolic OH excluding ortho intramolecular Hbond substituents is 1. The zero-order valence-electron chi connectivity index (χ0n) is 17.3. The van der Waals surface area contributed by atoms with Crippen LogP contribution < -0.4 is 10.5 Å². The van der Waals surface area contributed by atoms with E-state index in [0.29, 0.717) is 12.4 Å². The molecule has 0 amide bonds. The Hall–Kier alpha value is -3.35. The maximum atomic E-state index is 10.9. The molecule has 3 aromatic rings. The predicted molar refractivity (Wildman–Crippen MR) is 118 cm³/mol. The number of nitrogens with two attached hydrogens (primary N) is 1. The second-order valence-electron chi connectivity index (χ2n) is 7.62. The molecule has 0 radical (unpaired) electrons. The molecule has 0 aliphatic carbocycles. The third-order valence-corrected chi connectivity index (χ3v) is 5.38. The third-order valence-electron chi connectivity index (χ3n) is 5.38. The van der Waals surface area contributed by atoms with E-state index in [1.807, 2.05) is 67.6 Å². The van der Waals surface area contributed by atoms with Gasteiger partial charge in [0.05, 0.1) is 13.0 Å². The smallest absolute Gasteiger partial charge is 0.304 e. The van der Waals surface area contributed by atoms with Gasteiger partial charge >= 0.3 is 5.97 Å². The second kappa shape index (κ2) is 9.64. The second-order valence-corrected chi connectivity index (χ2v) is 7.62. The molecule has 2 atom stereocenters. The summed E-state index contributed by atoms with van der Waals surface area (Å²) in [5.74, 6) is -0.196. The molecule has 6 nitrogen and oxygen atoms in total. The summed E-state index contributed by atoms with van der Waals surface area (Å²) >= 11 is 0. The van der Waals surface area contributed by atoms with Crippen LogP contribution in [0.25, 0.3) is 0 Å². The minimum atomic E-state index is -1.14. The van der Waals surface area contributed by atoms with Crippen molar-refractivity contribution in [2.24, 2.45) is 5.73 Å². The average Bonchev–Trinajstić information content (AvgIpc) is 3.15. The molecule has 5 N–H and O–H groups in total. The van der Waals surface area contributed by atoms with Gasteiger partial charge in [-0.15, -0.1) is 0 Å². The van der Waals surface area contributed by atoms with E-state index >= 15 is 0 Å². The van der Waals surface area contributed by atoms with Crippen LogP contribution in [-0.2, 0) is 10.4 Å². The fourth-order valence-electron chi connectivity index (χ4n) is 3.72. The maximum Gasteiger partial charge on any atom is 0.304 e. The van der Waals surface area contributed by atoms with Gasteiger partial charge in [-0.1, -0.05) is 66.7 Å². The Morgan fingerprint density at radius 2 is 1.61 bits per heavy atom. The summed E-state index contributed by atoms with van der Waals surface area (Å²) in [7, 11) is 0. The Kier molecular flexibility index (Phi) is 6.95. The van der Waals surface area contributed by atoms with Gasteiger partial charge < -0.3 is 25.8 Å². The number of rotatable bonds is 5. The van der Waals surface area contributed by atoms with Gasteiger partial charge in [0.25, 0.3) is 0 Å². The van der Waals surface area contributed by atoms with Crippen molar-refractivity contribution in [1.82, 2.24) is 0 Å². The van der Waals surface area contributed by atoms with Crippen molar-refractivity contribution in [3.8, 4) is 11.5 Å². The lowest BCUT2D eigenvalue weighted by molar-refractivity contribution is -0.137. The molecule has 4 rings (SSSR count). The molecule has 1 aliphatic rings. The number of hydrogen-bond acceptors (Lipinski definition) is 5. The minimum absolute atomic E-state index is 0.0672. The highest BCUT2D eigenvalue weighted by Gasteiger charge is 2.35. The van der Waals surface area contributed by atoms with E-state index in [1.165, 1.54) is 6.07 Å². The van der Waals surface area contributed by atoms with Crippen LogP contribution in [0, 0.1) is 0 Å². The number of hydrogen-bond donors (Lipinski definition) is 4. The summed E-state index contributed by atoms with van der Waals surface area (Å²) in [6.07, 6.45) is 0.0672. The molecule has 6 heteroatoms. The first kappa shape index (κ1) is 22.3. The molecule has 0 bridgehead atoms. The first-order valence-electron chi connectivity index (χ1n) is 10.1. The number of carbonyl (C=O) groups is 1. The van der Waals surface area contributed by atoms with Gasteiger partial charge in [-0.25, -0.2) is 0 Å². The molecular weight excluding hydrogens is 394 g/mol. The summed E-state index contributed by atoms with van der Waals surface area (Å²) < 4.78 is 5.27. The summed E-state index contributed by atoms with van der Waals surface area (Å²) in [5.41, 5.74) is 7.36. The highest BCUT2D eigenvalue weighted by Crippen LogP contribution is 2.37. The summed E-state index contributed by atoms with van der Waals surface area (Å²) in [4.78, 5) is 10.5. The summed E-state index contributed by atoms with van der Waals surface area (Å²) in [6, 6.07) is 23.5. The maximum absolute atomic E-state index is 10.9. The SMILES string of the molecule is C[C@@H](N)C(O)(c1ccccc1)c1ccccc1.O=C(O)C[C@@H]1COc2cc(O)ccc21. The number of benzene rings is 3. The molecule has 0 saturated carbocycles. The molecule has 0 spiro atoms. The number of ether oxygens (including phenoxy) is 1. The number of aliphatic hydroxyl groups is 1. The standard InChI is InChI=1S/C15H17NO.C10H10O4/c1-12(16)15(17,13-8-4-2-5-9-13)14-10-6-3-7-11-14;11-7-1-2-8-6(3-10(12)13)5-14-9(8)4-7/h2-12,17H,16H2,1H3;1-2,4,6,11H,3,5H2,(H,12,13)/t12-;6-/m11/s1. The highest BCUT2D eigenvalue weighted by molar-refractivity contribution is 5.68. The van der Waals surface area contributed by atoms with Crippen LogP contribution in [0.3, 0.4) is 0 Å². The van der Waals surface area contributed by atoms with Crippen LogP contribution in [0.2, 0.25) is 0 Å². The van der Waals surface area contributed by atoms with E-state index in [4.69, 9.17) is 20.7 Å². The molecule has 162 valence electrons. The van der Waals surface area contributed by atoms with Crippen molar-refractivity contribution in [1.29, 1.82) is 0 Å². The van der Waals surface area contributed by atoms with Crippen LogP contribution in [-0.4, -0.2) is 33.9 Å². The number of fused-ring (bicyclic) bond motifs is 1. The van der Waals surface area contributed by atoms with Gasteiger partial charge in [0.15, 0.2) is 0 Å². The van der Waals surface area contributed by atoms with Crippen LogP contribution in [0.4, 0.5) is 0 Å². The first-order valence-corrected chi connectivity index (χ1v) is 10.1. The Morgan fingerprint density at radius 3 is 2.10 bits per heavy atom. The number of carboxylic acid groups (broad SMARTS) is 1. The van der Waals surface area contributed by atoms with Crippen LogP contribution in [0.15, 0.2) is 78.9 Å². The van der Waals surface area contributed by atoms with Gasteiger partial charge in [0.1, 0.15) is 17.1 Å². The monoisotopic (exact) mass is 421 g/mol. The normalized spacial score (nSPS) is 15.8. The van der Waals surface area contributed by atoms with E-state index < -0.39 is 11.6 Å². The molecule has 0 saturated heterocycles. The van der Waals surface area contributed by atoms with E-state index in [2.05, 4.69) is 0 Å². The predicted octanol–water partition coefficient (Wildman–Crippen LogP) is 3.61. The van der Waals surface area contributed by atoms with Crippen molar-refractivity contribution in [3.63, 3.8) is 0 Å². The fourth-order valence-corrected chi connectivity index (χ4v) is 3.72. The fraction of sp³-hybridized carbons (Fsp3) is 0.240. The zero-order chi connectivity index (χ0) is 22.4. The molecule has 1 aliphatic heterocycles. The molecule has 31 heavy (non-hydrogen) atoms. The van der Waals surface area contributed by atoms with Crippen molar-refractivity contribution in [3.05, 3.63) is 95.6 Å². The zero-order valence-corrected chi connectivity index (χ0v) is 17.3. The van der Waals surface area contributed by atoms with Crippen molar-refractivity contribution >= 4 is 5.97 Å². The summed E-state index contributed by atoms with van der Waals surface area (Å²) in [6.45, 7) is 2.20. The van der Waals surface area contributed by atoms with E-state index in [-0.39, 0.29) is 24.1 Å². The third kappa shape index (κ3) is 5.05. The van der Waals surface area contributed by atoms with Gasteiger partial charge in [0.2, 0.25) is 0 Å². The lowest BCUT2D eigenvalue weighted by atomic mass is 9.81. The number of aromatic hydroxyl groups is 1. The highest BCUT2D eigenvalue weighted by atomic mass is 16.5. The number of carboxylic acids is 1. The average molecular weight is 421 g/mol. The lowest BCUT2D eigenvalue weighted by Crippen LogP contribution is -2.44. The Balaban J connectivity index is 0.000000179. The quantitative estimate of drug-likeness (QED) is 0.501.